The van der Waals surface area contributed by atoms with Gasteiger partial charge in [0.1, 0.15) is 11.4 Å². The van der Waals surface area contributed by atoms with Gasteiger partial charge in [0, 0.05) is 0 Å². The first kappa shape index (κ1) is 16.6. The van der Waals surface area contributed by atoms with Crippen molar-refractivity contribution in [2.24, 2.45) is 0 Å². The molecule has 0 saturated heterocycles. The summed E-state index contributed by atoms with van der Waals surface area (Å²) in [6, 6.07) is 4.70. The fourth-order valence-corrected chi connectivity index (χ4v) is 3.58. The second-order valence-corrected chi connectivity index (χ2v) is 7.10. The highest BCUT2D eigenvalue weighted by atomic mass is 35.5. The number of nitrogens with one attached hydrogen (secondary N) is 1. The lowest BCUT2D eigenvalue weighted by atomic mass is 10.3. The average molecular weight is 345 g/mol. The maximum absolute atomic E-state index is 12.4. The van der Waals surface area contributed by atoms with Crippen molar-refractivity contribution in [3.8, 4) is 5.75 Å². The van der Waals surface area contributed by atoms with Gasteiger partial charge in [-0.05, 0) is 45.9 Å². The average Bonchev–Trinajstić information content (AvgIpc) is 2.72. The van der Waals surface area contributed by atoms with E-state index in [-0.39, 0.29) is 16.8 Å². The largest absolute Gasteiger partial charge is 0.489 e. The Labute approximate surface area is 134 Å². The number of halogens is 1. The monoisotopic (exact) mass is 344 g/mol. The van der Waals surface area contributed by atoms with Gasteiger partial charge in [0.2, 0.25) is 0 Å². The summed E-state index contributed by atoms with van der Waals surface area (Å²) in [5.74, 6) is 0.729. The molecule has 22 heavy (non-hydrogen) atoms. The van der Waals surface area contributed by atoms with E-state index in [2.05, 4.69) is 9.88 Å². The van der Waals surface area contributed by atoms with Gasteiger partial charge in [-0.3, -0.25) is 4.72 Å². The van der Waals surface area contributed by atoms with E-state index in [1.807, 2.05) is 13.8 Å². The Morgan fingerprint density at radius 2 is 2.00 bits per heavy atom. The zero-order chi connectivity index (χ0) is 16.5. The van der Waals surface area contributed by atoms with Crippen LogP contribution in [0, 0.1) is 13.8 Å². The van der Waals surface area contributed by atoms with Gasteiger partial charge >= 0.3 is 0 Å². The van der Waals surface area contributed by atoms with E-state index in [1.165, 1.54) is 6.07 Å². The molecule has 0 radical (unpaired) electrons. The maximum Gasteiger partial charge on any atom is 0.267 e. The molecule has 0 amide bonds. The first-order valence-electron chi connectivity index (χ1n) is 6.62. The molecule has 0 fully saturated rings. The highest BCUT2D eigenvalue weighted by Gasteiger charge is 2.24. The lowest BCUT2D eigenvalue weighted by Crippen LogP contribution is -2.14. The molecule has 0 unspecified atom stereocenters. The summed E-state index contributed by atoms with van der Waals surface area (Å²) < 4.78 is 37.6. The molecule has 1 aromatic heterocycles. The van der Waals surface area contributed by atoms with Crippen molar-refractivity contribution in [3.05, 3.63) is 34.7 Å². The lowest BCUT2D eigenvalue weighted by Gasteiger charge is -2.13. The number of anilines is 1. The topological polar surface area (TPSA) is 81.4 Å². The Kier molecular flexibility index (Phi) is 4.67. The summed E-state index contributed by atoms with van der Waals surface area (Å²) in [5, 5.41) is 3.97. The molecule has 0 spiro atoms. The van der Waals surface area contributed by atoms with Crippen molar-refractivity contribution in [1.82, 2.24) is 5.16 Å². The van der Waals surface area contributed by atoms with Crippen LogP contribution in [0.5, 0.6) is 5.75 Å². The Morgan fingerprint density at radius 1 is 1.32 bits per heavy atom. The maximum atomic E-state index is 12.4. The summed E-state index contributed by atoms with van der Waals surface area (Å²) >= 11 is 6.10. The summed E-state index contributed by atoms with van der Waals surface area (Å²) in [4.78, 5) is 0.0335. The molecule has 120 valence electrons. The highest BCUT2D eigenvalue weighted by molar-refractivity contribution is 7.92. The number of sulfonamides is 1. The molecule has 0 saturated carbocycles. The van der Waals surface area contributed by atoms with Crippen LogP contribution in [0.1, 0.15) is 25.3 Å². The summed E-state index contributed by atoms with van der Waals surface area (Å²) in [7, 11) is -3.79. The minimum absolute atomic E-state index is 0.0256. The third kappa shape index (κ3) is 3.53. The zero-order valence-corrected chi connectivity index (χ0v) is 14.2. The van der Waals surface area contributed by atoms with Crippen LogP contribution in [0.4, 0.5) is 5.69 Å². The van der Waals surface area contributed by atoms with Gasteiger partial charge in [-0.15, -0.1) is 0 Å². The van der Waals surface area contributed by atoms with Gasteiger partial charge in [-0.25, -0.2) is 8.42 Å². The quantitative estimate of drug-likeness (QED) is 0.897. The molecule has 0 atom stereocenters. The molecule has 0 aliphatic heterocycles. The Bertz CT molecular complexity index is 765. The smallest absolute Gasteiger partial charge is 0.267 e. The highest BCUT2D eigenvalue weighted by Crippen LogP contribution is 2.30. The minimum atomic E-state index is -3.79. The summed E-state index contributed by atoms with van der Waals surface area (Å²) in [6.45, 7) is 6.87. The fraction of sp³-hybridized carbons (Fsp3) is 0.357. The van der Waals surface area contributed by atoms with Crippen molar-refractivity contribution in [2.75, 3.05) is 4.72 Å². The molecular weight excluding hydrogens is 328 g/mol. The van der Waals surface area contributed by atoms with Gasteiger partial charge < -0.3 is 9.26 Å². The zero-order valence-electron chi connectivity index (χ0n) is 12.7. The molecule has 0 aliphatic rings. The number of nitrogens with zero attached hydrogens (tertiary/aromatic N) is 1. The van der Waals surface area contributed by atoms with E-state index in [9.17, 15) is 8.42 Å². The van der Waals surface area contributed by atoms with Crippen LogP contribution >= 0.6 is 11.6 Å². The van der Waals surface area contributed by atoms with Gasteiger partial charge in [-0.1, -0.05) is 16.8 Å². The molecule has 2 aromatic rings. The SMILES string of the molecule is Cc1noc(C)c1S(=O)(=O)Nc1ccc(OC(C)C)c(Cl)c1. The molecule has 1 N–H and O–H groups in total. The normalized spacial score (nSPS) is 11.7. The standard InChI is InChI=1S/C14H17ClN2O4S/c1-8(2)20-13-6-5-11(7-12(13)15)17-22(18,19)14-9(3)16-21-10(14)4/h5-8,17H,1-4H3. The van der Waals surface area contributed by atoms with E-state index in [1.54, 1.807) is 26.0 Å². The van der Waals surface area contributed by atoms with Crippen LogP contribution in [0.3, 0.4) is 0 Å². The second-order valence-electron chi connectivity index (χ2n) is 5.07. The molecule has 1 aromatic carbocycles. The van der Waals surface area contributed by atoms with Gasteiger partial charge in [0.15, 0.2) is 10.7 Å². The second kappa shape index (κ2) is 6.18. The number of benzene rings is 1. The third-order valence-electron chi connectivity index (χ3n) is 2.78. The van der Waals surface area contributed by atoms with Crippen molar-refractivity contribution < 1.29 is 17.7 Å². The predicted octanol–water partition coefficient (Wildman–Crippen LogP) is 3.53. The third-order valence-corrected chi connectivity index (χ3v) is 4.70. The first-order valence-corrected chi connectivity index (χ1v) is 8.48. The van der Waals surface area contributed by atoms with Crippen LogP contribution in [-0.2, 0) is 10.0 Å². The van der Waals surface area contributed by atoms with Crippen molar-refractivity contribution in [3.63, 3.8) is 0 Å². The summed E-state index contributed by atoms with van der Waals surface area (Å²) in [6.07, 6.45) is -0.0256. The Hall–Kier alpha value is -1.73. The van der Waals surface area contributed by atoms with Gasteiger partial charge in [0.25, 0.3) is 10.0 Å². The number of rotatable bonds is 5. The first-order chi connectivity index (χ1) is 10.2. The molecule has 0 bridgehead atoms. The predicted molar refractivity (Wildman–Crippen MR) is 84.0 cm³/mol. The van der Waals surface area contributed by atoms with Crippen LogP contribution in [-0.4, -0.2) is 19.7 Å². The number of aromatic nitrogens is 1. The van der Waals surface area contributed by atoms with Crippen LogP contribution < -0.4 is 9.46 Å². The van der Waals surface area contributed by atoms with E-state index < -0.39 is 10.0 Å². The van der Waals surface area contributed by atoms with Crippen molar-refractivity contribution in [2.45, 2.75) is 38.7 Å². The van der Waals surface area contributed by atoms with Crippen LogP contribution in [0.2, 0.25) is 5.02 Å². The van der Waals surface area contributed by atoms with Gasteiger partial charge in [-0.2, -0.15) is 0 Å². The molecule has 1 heterocycles. The Morgan fingerprint density at radius 3 is 2.50 bits per heavy atom. The van der Waals surface area contributed by atoms with E-state index >= 15 is 0 Å². The van der Waals surface area contributed by atoms with Crippen LogP contribution in [0.15, 0.2) is 27.6 Å². The summed E-state index contributed by atoms with van der Waals surface area (Å²) in [5.41, 5.74) is 0.636. The number of hydrogen-bond acceptors (Lipinski definition) is 5. The van der Waals surface area contributed by atoms with Gasteiger partial charge in [0.05, 0.1) is 16.8 Å². The molecular formula is C14H17ClN2O4S. The molecule has 6 nitrogen and oxygen atoms in total. The molecule has 0 aliphatic carbocycles. The van der Waals surface area contributed by atoms with E-state index in [0.717, 1.165) is 0 Å². The number of ether oxygens (including phenoxy) is 1. The van der Waals surface area contributed by atoms with Crippen molar-refractivity contribution >= 4 is 27.3 Å². The number of hydrogen-bond donors (Lipinski definition) is 1. The number of aryl methyl sites for hydroxylation is 2. The van der Waals surface area contributed by atoms with Crippen molar-refractivity contribution in [1.29, 1.82) is 0 Å². The minimum Gasteiger partial charge on any atom is -0.489 e. The van der Waals surface area contributed by atoms with E-state index in [4.69, 9.17) is 20.9 Å². The van der Waals surface area contributed by atoms with E-state index in [0.29, 0.717) is 22.2 Å². The molecule has 2 rings (SSSR count). The fourth-order valence-electron chi connectivity index (χ4n) is 1.98. The lowest BCUT2D eigenvalue weighted by molar-refractivity contribution is 0.242. The molecule has 8 heteroatoms. The Balaban J connectivity index is 2.29. The van der Waals surface area contributed by atoms with Crippen LogP contribution in [0.25, 0.3) is 0 Å².